The fourth-order valence-corrected chi connectivity index (χ4v) is 1.87. The minimum Gasteiger partial charge on any atom is -0.300 e. The van der Waals surface area contributed by atoms with Crippen LogP contribution in [0, 0.1) is 11.8 Å². The van der Waals surface area contributed by atoms with Gasteiger partial charge in [-0.05, 0) is 18.3 Å². The van der Waals surface area contributed by atoms with Gasteiger partial charge in [0, 0.05) is 12.8 Å². The van der Waals surface area contributed by atoms with Crippen molar-refractivity contribution >= 4 is 5.78 Å². The average molecular weight is 122 g/mol. The predicted octanol–water partition coefficient (Wildman–Crippen LogP) is 1.54. The zero-order chi connectivity index (χ0) is 6.27. The van der Waals surface area contributed by atoms with Gasteiger partial charge in [0.1, 0.15) is 5.78 Å². The molecule has 0 bridgehead atoms. The van der Waals surface area contributed by atoms with Crippen LogP contribution in [-0.2, 0) is 4.79 Å². The summed E-state index contributed by atoms with van der Waals surface area (Å²) in [5.41, 5.74) is 0. The summed E-state index contributed by atoms with van der Waals surface area (Å²) >= 11 is 0. The summed E-state index contributed by atoms with van der Waals surface area (Å²) in [7, 11) is 0. The van der Waals surface area contributed by atoms with Crippen molar-refractivity contribution in [2.75, 3.05) is 0 Å². The second kappa shape index (κ2) is 1.69. The van der Waals surface area contributed by atoms with Crippen LogP contribution in [0.25, 0.3) is 0 Å². The zero-order valence-electron chi connectivity index (χ0n) is 5.34. The molecule has 0 aliphatic heterocycles. The Labute approximate surface area is 54.8 Å². The molecule has 1 heteroatoms. The van der Waals surface area contributed by atoms with Crippen LogP contribution in [0.4, 0.5) is 0 Å². The highest BCUT2D eigenvalue weighted by molar-refractivity contribution is 5.81. The number of hydrogen-bond donors (Lipinski definition) is 0. The normalized spacial score (nSPS) is 39.8. The molecule has 0 aromatic heterocycles. The number of allylic oxidation sites excluding steroid dienone is 2. The quantitative estimate of drug-likeness (QED) is 0.445. The van der Waals surface area contributed by atoms with E-state index >= 15 is 0 Å². The highest BCUT2D eigenvalue weighted by atomic mass is 16.1. The molecule has 0 N–H and O–H groups in total. The van der Waals surface area contributed by atoms with Crippen molar-refractivity contribution in [2.24, 2.45) is 11.8 Å². The lowest BCUT2D eigenvalue weighted by Crippen LogP contribution is -1.96. The highest BCUT2D eigenvalue weighted by Gasteiger charge is 2.32. The van der Waals surface area contributed by atoms with E-state index in [1.807, 2.05) is 0 Å². The van der Waals surface area contributed by atoms with Crippen molar-refractivity contribution in [3.05, 3.63) is 12.2 Å². The van der Waals surface area contributed by atoms with Crippen LogP contribution in [0.15, 0.2) is 12.2 Å². The molecule has 0 aromatic rings. The van der Waals surface area contributed by atoms with E-state index in [4.69, 9.17) is 0 Å². The molecular weight excluding hydrogens is 112 g/mol. The first kappa shape index (κ1) is 5.21. The molecule has 0 heterocycles. The number of carbonyl (C=O) groups is 1. The average Bonchev–Trinajstić information content (AvgIpc) is 2.22. The maximum absolute atomic E-state index is 10.8. The van der Waals surface area contributed by atoms with Crippen molar-refractivity contribution in [1.82, 2.24) is 0 Å². The van der Waals surface area contributed by atoms with Gasteiger partial charge in [-0.2, -0.15) is 0 Å². The molecule has 2 rings (SSSR count). The highest BCUT2D eigenvalue weighted by Crippen LogP contribution is 2.37. The van der Waals surface area contributed by atoms with Crippen LogP contribution < -0.4 is 0 Å². The molecule has 1 saturated carbocycles. The molecule has 1 fully saturated rings. The predicted molar refractivity (Wildman–Crippen MR) is 35.0 cm³/mol. The molecule has 1 nitrogen and oxygen atoms in total. The monoisotopic (exact) mass is 122 g/mol. The Morgan fingerprint density at radius 3 is 3.11 bits per heavy atom. The minimum atomic E-state index is 0.467. The SMILES string of the molecule is O=C1C[C@@H]2CC=C[C@@H]2C1. The van der Waals surface area contributed by atoms with Crippen molar-refractivity contribution in [3.63, 3.8) is 0 Å². The Morgan fingerprint density at radius 1 is 1.44 bits per heavy atom. The topological polar surface area (TPSA) is 17.1 Å². The second-order valence-corrected chi connectivity index (χ2v) is 3.03. The smallest absolute Gasteiger partial charge is 0.133 e. The maximum atomic E-state index is 10.8. The van der Waals surface area contributed by atoms with Crippen molar-refractivity contribution in [2.45, 2.75) is 19.3 Å². The largest absolute Gasteiger partial charge is 0.300 e. The van der Waals surface area contributed by atoms with E-state index < -0.39 is 0 Å². The first-order valence-corrected chi connectivity index (χ1v) is 3.54. The Hall–Kier alpha value is -0.590. The van der Waals surface area contributed by atoms with Gasteiger partial charge in [0.15, 0.2) is 0 Å². The van der Waals surface area contributed by atoms with E-state index in [1.54, 1.807) is 0 Å². The molecule has 0 amide bonds. The molecule has 2 aliphatic carbocycles. The van der Waals surface area contributed by atoms with E-state index in [0.717, 1.165) is 19.3 Å². The molecule has 9 heavy (non-hydrogen) atoms. The Kier molecular flexibility index (Phi) is 0.981. The first-order chi connectivity index (χ1) is 4.36. The fourth-order valence-electron chi connectivity index (χ4n) is 1.87. The van der Waals surface area contributed by atoms with Gasteiger partial charge in [-0.25, -0.2) is 0 Å². The summed E-state index contributed by atoms with van der Waals surface area (Å²) in [5.74, 6) is 1.78. The third-order valence-electron chi connectivity index (χ3n) is 2.38. The van der Waals surface area contributed by atoms with Crippen molar-refractivity contribution in [1.29, 1.82) is 0 Å². The molecule has 0 spiro atoms. The van der Waals surface area contributed by atoms with Gasteiger partial charge in [0.25, 0.3) is 0 Å². The van der Waals surface area contributed by atoms with E-state index in [0.29, 0.717) is 17.6 Å². The van der Waals surface area contributed by atoms with Gasteiger partial charge < -0.3 is 0 Å². The van der Waals surface area contributed by atoms with Crippen LogP contribution in [0.5, 0.6) is 0 Å². The van der Waals surface area contributed by atoms with Crippen molar-refractivity contribution in [3.8, 4) is 0 Å². The summed E-state index contributed by atoms with van der Waals surface area (Å²) in [6.45, 7) is 0. The third-order valence-corrected chi connectivity index (χ3v) is 2.38. The lowest BCUT2D eigenvalue weighted by Gasteiger charge is -2.03. The molecule has 0 aromatic carbocycles. The first-order valence-electron chi connectivity index (χ1n) is 3.54. The molecule has 0 unspecified atom stereocenters. The molecule has 0 saturated heterocycles. The van der Waals surface area contributed by atoms with Crippen molar-refractivity contribution < 1.29 is 4.79 Å². The van der Waals surface area contributed by atoms with E-state index in [9.17, 15) is 4.79 Å². The van der Waals surface area contributed by atoms with Crippen LogP contribution >= 0.6 is 0 Å². The number of fused-ring (bicyclic) bond motifs is 1. The summed E-state index contributed by atoms with van der Waals surface area (Å²) in [5, 5.41) is 0. The molecule has 0 radical (unpaired) electrons. The Balaban J connectivity index is 2.17. The van der Waals surface area contributed by atoms with Gasteiger partial charge in [-0.15, -0.1) is 0 Å². The standard InChI is InChI=1S/C8H10O/c9-8-4-6-2-1-3-7(6)5-8/h1-2,6-7H,3-5H2/t6-,7+/m1/s1. The third kappa shape index (κ3) is 0.716. The zero-order valence-corrected chi connectivity index (χ0v) is 5.34. The lowest BCUT2D eigenvalue weighted by molar-refractivity contribution is -0.117. The van der Waals surface area contributed by atoms with Gasteiger partial charge in [-0.3, -0.25) is 4.79 Å². The number of Topliss-reactive ketones (excluding diaryl/α,β-unsaturated/α-hetero) is 1. The molecule has 2 atom stereocenters. The van der Waals surface area contributed by atoms with Crippen LogP contribution in [0.1, 0.15) is 19.3 Å². The molecule has 2 aliphatic rings. The van der Waals surface area contributed by atoms with Gasteiger partial charge in [-0.1, -0.05) is 12.2 Å². The van der Waals surface area contributed by atoms with Gasteiger partial charge in [0.05, 0.1) is 0 Å². The summed E-state index contributed by atoms with van der Waals surface area (Å²) in [6.07, 6.45) is 7.23. The summed E-state index contributed by atoms with van der Waals surface area (Å²) in [4.78, 5) is 10.8. The number of carbonyl (C=O) groups excluding carboxylic acids is 1. The molecule has 48 valence electrons. The maximum Gasteiger partial charge on any atom is 0.133 e. The summed E-state index contributed by atoms with van der Waals surface area (Å²) < 4.78 is 0. The Bertz CT molecular complexity index is 169. The van der Waals surface area contributed by atoms with Gasteiger partial charge in [0.2, 0.25) is 0 Å². The summed E-state index contributed by atoms with van der Waals surface area (Å²) in [6, 6.07) is 0. The fraction of sp³-hybridized carbons (Fsp3) is 0.625. The number of rotatable bonds is 0. The Morgan fingerprint density at radius 2 is 2.33 bits per heavy atom. The van der Waals surface area contributed by atoms with Crippen LogP contribution in [0.2, 0.25) is 0 Å². The minimum absolute atomic E-state index is 0.467. The van der Waals surface area contributed by atoms with E-state index in [1.165, 1.54) is 0 Å². The van der Waals surface area contributed by atoms with Crippen LogP contribution in [0.3, 0.4) is 0 Å². The lowest BCUT2D eigenvalue weighted by atomic mass is 10.0. The van der Waals surface area contributed by atoms with E-state index in [2.05, 4.69) is 12.2 Å². The second-order valence-electron chi connectivity index (χ2n) is 3.03. The number of ketones is 1. The number of hydrogen-bond acceptors (Lipinski definition) is 1. The molecular formula is C8H10O. The van der Waals surface area contributed by atoms with Gasteiger partial charge >= 0.3 is 0 Å². The van der Waals surface area contributed by atoms with E-state index in [-0.39, 0.29) is 0 Å². The van der Waals surface area contributed by atoms with Crippen LogP contribution in [-0.4, -0.2) is 5.78 Å².